The van der Waals surface area contributed by atoms with E-state index < -0.39 is 11.8 Å². The van der Waals surface area contributed by atoms with Crippen LogP contribution < -0.4 is 10.7 Å². The Morgan fingerprint density at radius 1 is 0.923 bits per heavy atom. The van der Waals surface area contributed by atoms with Crippen molar-refractivity contribution < 1.29 is 19.8 Å². The highest BCUT2D eigenvalue weighted by Crippen LogP contribution is 2.23. The van der Waals surface area contributed by atoms with Gasteiger partial charge < -0.3 is 15.5 Å². The van der Waals surface area contributed by atoms with Gasteiger partial charge in [0.2, 0.25) is 0 Å². The normalized spacial score (nSPS) is 10.8. The number of carbonyl (C=O) groups is 2. The Kier molecular flexibility index (Phi) is 4.80. The molecule has 0 aliphatic heterocycles. The molecule has 0 aromatic heterocycles. The highest BCUT2D eigenvalue weighted by molar-refractivity contribution is 6.40. The van der Waals surface area contributed by atoms with Crippen LogP contribution in [0.2, 0.25) is 0 Å². The highest BCUT2D eigenvalue weighted by Gasteiger charge is 2.14. The number of rotatable bonds is 3. The van der Waals surface area contributed by atoms with E-state index in [1.807, 2.05) is 30.3 Å². The number of nitrogens with one attached hydrogen (secondary N) is 2. The van der Waals surface area contributed by atoms with Crippen LogP contribution in [0.25, 0.3) is 10.8 Å². The summed E-state index contributed by atoms with van der Waals surface area (Å²) in [5, 5.41) is 26.8. The van der Waals surface area contributed by atoms with Gasteiger partial charge in [-0.1, -0.05) is 36.4 Å². The minimum atomic E-state index is -0.951. The molecule has 0 bridgehead atoms. The smallest absolute Gasteiger partial charge is 0.329 e. The summed E-state index contributed by atoms with van der Waals surface area (Å²) in [4.78, 5) is 23.9. The van der Waals surface area contributed by atoms with Gasteiger partial charge >= 0.3 is 11.8 Å². The number of benzene rings is 3. The molecule has 0 fully saturated rings. The van der Waals surface area contributed by atoms with Crippen molar-refractivity contribution in [1.82, 2.24) is 5.43 Å². The maximum Gasteiger partial charge on any atom is 0.329 e. The number of anilines is 1. The molecule has 130 valence electrons. The first kappa shape index (κ1) is 17.0. The monoisotopic (exact) mass is 349 g/mol. The van der Waals surface area contributed by atoms with Crippen molar-refractivity contribution in [1.29, 1.82) is 0 Å². The van der Waals surface area contributed by atoms with Crippen LogP contribution in [0.3, 0.4) is 0 Å². The summed E-state index contributed by atoms with van der Waals surface area (Å²) in [6, 6.07) is 16.8. The van der Waals surface area contributed by atoms with Crippen LogP contribution in [-0.2, 0) is 9.59 Å². The van der Waals surface area contributed by atoms with Crippen LogP contribution in [0.5, 0.6) is 11.5 Å². The van der Waals surface area contributed by atoms with Crippen molar-refractivity contribution in [2.45, 2.75) is 0 Å². The minimum Gasteiger partial charge on any atom is -0.508 e. The number of phenols is 2. The van der Waals surface area contributed by atoms with Gasteiger partial charge in [-0.15, -0.1) is 0 Å². The summed E-state index contributed by atoms with van der Waals surface area (Å²) in [6.07, 6.45) is 1.16. The van der Waals surface area contributed by atoms with Gasteiger partial charge in [0, 0.05) is 22.7 Å². The number of fused-ring (bicyclic) bond motifs is 1. The molecular formula is C19H15N3O4. The Balaban J connectivity index is 1.66. The summed E-state index contributed by atoms with van der Waals surface area (Å²) >= 11 is 0. The number of carbonyl (C=O) groups excluding carboxylic acids is 2. The minimum absolute atomic E-state index is 0.0989. The molecule has 0 atom stereocenters. The lowest BCUT2D eigenvalue weighted by Crippen LogP contribution is -2.32. The van der Waals surface area contributed by atoms with E-state index in [1.165, 1.54) is 12.1 Å². The molecule has 0 saturated carbocycles. The standard InChI is InChI=1S/C19H15N3O4/c23-14-9-8-13(17(24)10-14)11-20-22-19(26)18(25)21-16-7-3-5-12-4-1-2-6-15(12)16/h1-11,23-24H,(H,21,25)(H,22,26)/b20-11+. The molecule has 7 heteroatoms. The second-order valence-corrected chi connectivity index (χ2v) is 5.42. The molecular weight excluding hydrogens is 334 g/mol. The predicted octanol–water partition coefficient (Wildman–Crippen LogP) is 2.34. The third kappa shape index (κ3) is 3.78. The second kappa shape index (κ2) is 7.35. The van der Waals surface area contributed by atoms with E-state index in [0.717, 1.165) is 23.1 Å². The first-order chi connectivity index (χ1) is 12.5. The fourth-order valence-corrected chi connectivity index (χ4v) is 2.37. The molecule has 7 nitrogen and oxygen atoms in total. The number of amides is 2. The first-order valence-electron chi connectivity index (χ1n) is 7.69. The van der Waals surface area contributed by atoms with Crippen LogP contribution >= 0.6 is 0 Å². The van der Waals surface area contributed by atoms with Crippen molar-refractivity contribution in [3.05, 3.63) is 66.2 Å². The lowest BCUT2D eigenvalue weighted by atomic mass is 10.1. The summed E-state index contributed by atoms with van der Waals surface area (Å²) in [7, 11) is 0. The number of nitrogens with zero attached hydrogens (tertiary/aromatic N) is 1. The Bertz CT molecular complexity index is 1010. The average Bonchev–Trinajstić information content (AvgIpc) is 2.63. The van der Waals surface area contributed by atoms with Crippen molar-refractivity contribution in [3.63, 3.8) is 0 Å². The molecule has 0 unspecified atom stereocenters. The van der Waals surface area contributed by atoms with Crippen molar-refractivity contribution >= 4 is 34.5 Å². The number of hydrogen-bond donors (Lipinski definition) is 4. The molecule has 0 saturated heterocycles. The Labute approximate surface area is 148 Å². The third-order valence-electron chi connectivity index (χ3n) is 3.63. The molecule has 2 amide bonds. The van der Waals surface area contributed by atoms with E-state index in [4.69, 9.17) is 0 Å². The molecule has 0 radical (unpaired) electrons. The van der Waals surface area contributed by atoms with Crippen LogP contribution in [0.4, 0.5) is 5.69 Å². The zero-order valence-corrected chi connectivity index (χ0v) is 13.5. The van der Waals surface area contributed by atoms with Gasteiger partial charge in [-0.25, -0.2) is 5.43 Å². The van der Waals surface area contributed by atoms with Crippen molar-refractivity contribution in [2.24, 2.45) is 5.10 Å². The lowest BCUT2D eigenvalue weighted by Gasteiger charge is -2.07. The zero-order valence-electron chi connectivity index (χ0n) is 13.5. The van der Waals surface area contributed by atoms with Gasteiger partial charge in [-0.3, -0.25) is 9.59 Å². The van der Waals surface area contributed by atoms with Crippen LogP contribution in [0.1, 0.15) is 5.56 Å². The van der Waals surface area contributed by atoms with Gasteiger partial charge in [0.15, 0.2) is 0 Å². The topological polar surface area (TPSA) is 111 Å². The lowest BCUT2D eigenvalue weighted by molar-refractivity contribution is -0.136. The summed E-state index contributed by atoms with van der Waals surface area (Å²) in [5.41, 5.74) is 2.88. The predicted molar refractivity (Wildman–Crippen MR) is 98.1 cm³/mol. The molecule has 26 heavy (non-hydrogen) atoms. The highest BCUT2D eigenvalue weighted by atomic mass is 16.3. The van der Waals surface area contributed by atoms with E-state index in [0.29, 0.717) is 5.69 Å². The number of hydrazone groups is 1. The van der Waals surface area contributed by atoms with Gasteiger partial charge in [-0.2, -0.15) is 5.10 Å². The molecule has 0 aliphatic carbocycles. The molecule has 4 N–H and O–H groups in total. The molecule has 0 aliphatic rings. The van der Waals surface area contributed by atoms with Crippen LogP contribution in [0.15, 0.2) is 65.8 Å². The maximum atomic E-state index is 12.0. The van der Waals surface area contributed by atoms with E-state index in [9.17, 15) is 19.8 Å². The molecule has 0 heterocycles. The average molecular weight is 349 g/mol. The Morgan fingerprint density at radius 2 is 1.69 bits per heavy atom. The van der Waals surface area contributed by atoms with Gasteiger partial charge in [0.25, 0.3) is 0 Å². The van der Waals surface area contributed by atoms with Gasteiger partial charge in [0.1, 0.15) is 11.5 Å². The van der Waals surface area contributed by atoms with Crippen LogP contribution in [-0.4, -0.2) is 28.2 Å². The summed E-state index contributed by atoms with van der Waals surface area (Å²) in [5.74, 6) is -2.12. The van der Waals surface area contributed by atoms with Crippen LogP contribution in [0, 0.1) is 0 Å². The molecule has 3 aromatic rings. The quantitative estimate of drug-likeness (QED) is 0.330. The van der Waals surface area contributed by atoms with Crippen molar-refractivity contribution in [3.8, 4) is 11.5 Å². The Hall–Kier alpha value is -3.87. The zero-order chi connectivity index (χ0) is 18.5. The first-order valence-corrected chi connectivity index (χ1v) is 7.69. The fraction of sp³-hybridized carbons (Fsp3) is 0. The van der Waals surface area contributed by atoms with E-state index in [2.05, 4.69) is 15.8 Å². The maximum absolute atomic E-state index is 12.0. The third-order valence-corrected chi connectivity index (χ3v) is 3.63. The van der Waals surface area contributed by atoms with Crippen molar-refractivity contribution in [2.75, 3.05) is 5.32 Å². The summed E-state index contributed by atoms with van der Waals surface area (Å²) in [6.45, 7) is 0. The number of aromatic hydroxyl groups is 2. The molecule has 3 aromatic carbocycles. The number of phenolic OH excluding ortho intramolecular Hbond substituents is 2. The van der Waals surface area contributed by atoms with Gasteiger partial charge in [-0.05, 0) is 23.6 Å². The van der Waals surface area contributed by atoms with E-state index in [1.54, 1.807) is 12.1 Å². The molecule has 0 spiro atoms. The Morgan fingerprint density at radius 3 is 2.50 bits per heavy atom. The largest absolute Gasteiger partial charge is 0.508 e. The molecule has 3 rings (SSSR count). The number of hydrogen-bond acceptors (Lipinski definition) is 5. The second-order valence-electron chi connectivity index (χ2n) is 5.42. The van der Waals surface area contributed by atoms with E-state index >= 15 is 0 Å². The SMILES string of the molecule is O=C(N/N=C/c1ccc(O)cc1O)C(=O)Nc1cccc2ccccc12. The summed E-state index contributed by atoms with van der Waals surface area (Å²) < 4.78 is 0. The fourth-order valence-electron chi connectivity index (χ4n) is 2.37. The van der Waals surface area contributed by atoms with Gasteiger partial charge in [0.05, 0.1) is 6.21 Å². The van der Waals surface area contributed by atoms with E-state index in [-0.39, 0.29) is 17.1 Å².